The Kier molecular flexibility index (Phi) is 3.12. The predicted octanol–water partition coefficient (Wildman–Crippen LogP) is 1.95. The molecule has 3 atom stereocenters. The zero-order valence-electron chi connectivity index (χ0n) is 8.26. The highest BCUT2D eigenvalue weighted by atomic mass is 16.1. The number of hydrogen-bond acceptors (Lipinski definition) is 1. The Balaban J connectivity index is 2.35. The number of nitrogens with one attached hydrogen (secondary N) is 1. The molecule has 0 bridgehead atoms. The van der Waals surface area contributed by atoms with Crippen LogP contribution in [0.3, 0.4) is 0 Å². The first-order valence-corrected chi connectivity index (χ1v) is 4.86. The Morgan fingerprint density at radius 3 is 2.42 bits per heavy atom. The molecule has 0 aromatic rings. The van der Waals surface area contributed by atoms with Gasteiger partial charge in [-0.25, -0.2) is 0 Å². The third kappa shape index (κ3) is 2.50. The van der Waals surface area contributed by atoms with Gasteiger partial charge in [-0.2, -0.15) is 0 Å². The second-order valence-corrected chi connectivity index (χ2v) is 4.17. The molecule has 1 aliphatic carbocycles. The third-order valence-corrected chi connectivity index (χ3v) is 3.01. The van der Waals surface area contributed by atoms with Gasteiger partial charge >= 0.3 is 0 Å². The van der Waals surface area contributed by atoms with Crippen molar-refractivity contribution in [2.24, 2.45) is 11.8 Å². The van der Waals surface area contributed by atoms with Crippen molar-refractivity contribution in [2.75, 3.05) is 0 Å². The molecule has 3 unspecified atom stereocenters. The minimum Gasteiger partial charge on any atom is -0.354 e. The summed E-state index contributed by atoms with van der Waals surface area (Å²) in [6.07, 6.45) is 3.57. The molecule has 2 heteroatoms. The number of rotatable bonds is 1. The highest BCUT2D eigenvalue weighted by Gasteiger charge is 2.24. The van der Waals surface area contributed by atoms with E-state index in [1.807, 2.05) is 0 Å². The first kappa shape index (κ1) is 9.56. The van der Waals surface area contributed by atoms with Gasteiger partial charge in [-0.15, -0.1) is 0 Å². The second-order valence-electron chi connectivity index (χ2n) is 4.17. The topological polar surface area (TPSA) is 29.1 Å². The van der Waals surface area contributed by atoms with Gasteiger partial charge in [0.25, 0.3) is 0 Å². The summed E-state index contributed by atoms with van der Waals surface area (Å²) in [5, 5.41) is 2.99. The fourth-order valence-electron chi connectivity index (χ4n) is 1.97. The van der Waals surface area contributed by atoms with Crippen molar-refractivity contribution >= 4 is 5.91 Å². The summed E-state index contributed by atoms with van der Waals surface area (Å²) >= 11 is 0. The van der Waals surface area contributed by atoms with Crippen molar-refractivity contribution < 1.29 is 4.79 Å². The molecule has 0 aromatic carbocycles. The molecule has 0 radical (unpaired) electrons. The lowest BCUT2D eigenvalue weighted by Crippen LogP contribution is -2.38. The van der Waals surface area contributed by atoms with Crippen LogP contribution in [0, 0.1) is 11.8 Å². The maximum atomic E-state index is 10.8. The van der Waals surface area contributed by atoms with Gasteiger partial charge in [-0.1, -0.05) is 13.8 Å². The van der Waals surface area contributed by atoms with Crippen molar-refractivity contribution in [3.63, 3.8) is 0 Å². The second kappa shape index (κ2) is 3.92. The molecule has 0 spiro atoms. The van der Waals surface area contributed by atoms with Gasteiger partial charge in [-0.05, 0) is 31.1 Å². The Morgan fingerprint density at radius 2 is 1.92 bits per heavy atom. The molecule has 1 fully saturated rings. The van der Waals surface area contributed by atoms with E-state index in [4.69, 9.17) is 0 Å². The summed E-state index contributed by atoms with van der Waals surface area (Å²) in [5.41, 5.74) is 0. The van der Waals surface area contributed by atoms with Gasteiger partial charge in [0.15, 0.2) is 0 Å². The molecule has 1 saturated carbocycles. The van der Waals surface area contributed by atoms with Crippen molar-refractivity contribution in [3.05, 3.63) is 0 Å². The summed E-state index contributed by atoms with van der Waals surface area (Å²) < 4.78 is 0. The van der Waals surface area contributed by atoms with Crippen LogP contribution in [0.15, 0.2) is 0 Å². The van der Waals surface area contributed by atoms with Crippen molar-refractivity contribution in [3.8, 4) is 0 Å². The first-order valence-electron chi connectivity index (χ1n) is 4.86. The van der Waals surface area contributed by atoms with Crippen LogP contribution in [-0.4, -0.2) is 11.9 Å². The minimum atomic E-state index is 0.113. The minimum absolute atomic E-state index is 0.113. The molecule has 1 aliphatic rings. The molecular formula is C10H19NO. The van der Waals surface area contributed by atoms with Gasteiger partial charge in [-0.3, -0.25) is 4.79 Å². The average Bonchev–Trinajstić information content (AvgIpc) is 1.96. The van der Waals surface area contributed by atoms with Crippen LogP contribution in [0.2, 0.25) is 0 Å². The van der Waals surface area contributed by atoms with Gasteiger partial charge in [0.1, 0.15) is 0 Å². The van der Waals surface area contributed by atoms with Gasteiger partial charge in [0.05, 0.1) is 0 Å². The Labute approximate surface area is 74.7 Å². The number of amides is 1. The number of hydrogen-bond donors (Lipinski definition) is 1. The van der Waals surface area contributed by atoms with Crippen LogP contribution < -0.4 is 5.32 Å². The molecule has 1 N–H and O–H groups in total. The smallest absolute Gasteiger partial charge is 0.217 e. The zero-order valence-corrected chi connectivity index (χ0v) is 8.26. The maximum Gasteiger partial charge on any atom is 0.217 e. The largest absolute Gasteiger partial charge is 0.354 e. The van der Waals surface area contributed by atoms with E-state index in [2.05, 4.69) is 19.2 Å². The number of carbonyl (C=O) groups is 1. The fourth-order valence-corrected chi connectivity index (χ4v) is 1.97. The Bertz CT molecular complexity index is 167. The van der Waals surface area contributed by atoms with Crippen LogP contribution in [0.25, 0.3) is 0 Å². The summed E-state index contributed by atoms with van der Waals surface area (Å²) in [4.78, 5) is 10.8. The highest BCUT2D eigenvalue weighted by Crippen LogP contribution is 2.29. The van der Waals surface area contributed by atoms with E-state index in [-0.39, 0.29) is 5.91 Å². The van der Waals surface area contributed by atoms with Crippen LogP contribution in [-0.2, 0) is 4.79 Å². The molecule has 2 nitrogen and oxygen atoms in total. The SMILES string of the molecule is CC(=O)NC1CCC(C)C(C)C1. The van der Waals surface area contributed by atoms with Crippen LogP contribution in [0.5, 0.6) is 0 Å². The molecule has 0 saturated heterocycles. The van der Waals surface area contributed by atoms with Crippen molar-refractivity contribution in [1.29, 1.82) is 0 Å². The van der Waals surface area contributed by atoms with Crippen LogP contribution >= 0.6 is 0 Å². The standard InChI is InChI=1S/C10H19NO/c1-7-4-5-10(6-8(7)2)11-9(3)12/h7-8,10H,4-6H2,1-3H3,(H,11,12). The Hall–Kier alpha value is -0.530. The summed E-state index contributed by atoms with van der Waals surface area (Å²) in [7, 11) is 0. The van der Waals surface area contributed by atoms with E-state index >= 15 is 0 Å². The average molecular weight is 169 g/mol. The molecular weight excluding hydrogens is 150 g/mol. The van der Waals surface area contributed by atoms with E-state index < -0.39 is 0 Å². The Morgan fingerprint density at radius 1 is 1.25 bits per heavy atom. The van der Waals surface area contributed by atoms with E-state index in [0.29, 0.717) is 6.04 Å². The molecule has 0 heterocycles. The quantitative estimate of drug-likeness (QED) is 0.638. The van der Waals surface area contributed by atoms with E-state index in [0.717, 1.165) is 24.7 Å². The van der Waals surface area contributed by atoms with E-state index in [1.165, 1.54) is 6.42 Å². The zero-order chi connectivity index (χ0) is 9.14. The molecule has 1 rings (SSSR count). The third-order valence-electron chi connectivity index (χ3n) is 3.01. The molecule has 0 aromatic heterocycles. The van der Waals surface area contributed by atoms with Crippen molar-refractivity contribution in [2.45, 2.75) is 46.1 Å². The van der Waals surface area contributed by atoms with Crippen molar-refractivity contribution in [1.82, 2.24) is 5.32 Å². The van der Waals surface area contributed by atoms with Gasteiger partial charge < -0.3 is 5.32 Å². The lowest BCUT2D eigenvalue weighted by Gasteiger charge is -2.32. The lowest BCUT2D eigenvalue weighted by atomic mass is 9.79. The van der Waals surface area contributed by atoms with E-state index in [9.17, 15) is 4.79 Å². The maximum absolute atomic E-state index is 10.8. The molecule has 70 valence electrons. The van der Waals surface area contributed by atoms with E-state index in [1.54, 1.807) is 6.92 Å². The molecule has 12 heavy (non-hydrogen) atoms. The summed E-state index contributed by atoms with van der Waals surface area (Å²) in [6.45, 7) is 6.18. The highest BCUT2D eigenvalue weighted by molar-refractivity contribution is 5.73. The number of carbonyl (C=O) groups excluding carboxylic acids is 1. The first-order chi connectivity index (χ1) is 5.59. The van der Waals surface area contributed by atoms with Gasteiger partial charge in [0, 0.05) is 13.0 Å². The monoisotopic (exact) mass is 169 g/mol. The van der Waals surface area contributed by atoms with Crippen LogP contribution in [0.4, 0.5) is 0 Å². The van der Waals surface area contributed by atoms with Crippen LogP contribution in [0.1, 0.15) is 40.0 Å². The molecule has 0 aliphatic heterocycles. The lowest BCUT2D eigenvalue weighted by molar-refractivity contribution is -0.120. The fraction of sp³-hybridized carbons (Fsp3) is 0.900. The normalized spacial score (nSPS) is 36.1. The predicted molar refractivity (Wildman–Crippen MR) is 49.8 cm³/mol. The molecule has 1 amide bonds. The summed E-state index contributed by atoms with van der Waals surface area (Å²) in [5.74, 6) is 1.70. The van der Waals surface area contributed by atoms with Gasteiger partial charge in [0.2, 0.25) is 5.91 Å². The summed E-state index contributed by atoms with van der Waals surface area (Å²) in [6, 6.07) is 0.439.